The number of halogens is 1. The number of aryl methyl sites for hydroxylation is 1. The van der Waals surface area contributed by atoms with Crippen molar-refractivity contribution in [3.8, 4) is 5.75 Å². The highest BCUT2D eigenvalue weighted by Gasteiger charge is 2.14. The van der Waals surface area contributed by atoms with Crippen LogP contribution in [0.5, 0.6) is 5.75 Å². The second kappa shape index (κ2) is 8.77. The Morgan fingerprint density at radius 3 is 2.62 bits per heavy atom. The number of benzene rings is 2. The third-order valence-corrected chi connectivity index (χ3v) is 5.07. The summed E-state index contributed by atoms with van der Waals surface area (Å²) in [5, 5.41) is 2.63. The minimum Gasteiger partial charge on any atom is -0.491 e. The summed E-state index contributed by atoms with van der Waals surface area (Å²) in [6.07, 6.45) is 0. The van der Waals surface area contributed by atoms with Gasteiger partial charge < -0.3 is 10.1 Å². The number of hydrogen-bond acceptors (Lipinski definition) is 4. The summed E-state index contributed by atoms with van der Waals surface area (Å²) < 4.78 is 45.0. The third kappa shape index (κ3) is 5.27. The van der Waals surface area contributed by atoms with E-state index in [2.05, 4.69) is 10.0 Å². The average Bonchev–Trinajstić information content (AvgIpc) is 2.59. The molecule has 0 atom stereocenters. The normalized spacial score (nSPS) is 11.2. The van der Waals surface area contributed by atoms with Crippen LogP contribution in [0.25, 0.3) is 0 Å². The lowest BCUT2D eigenvalue weighted by molar-refractivity contribution is 0.0946. The zero-order valence-electron chi connectivity index (χ0n) is 14.6. The lowest BCUT2D eigenvalue weighted by atomic mass is 10.2. The zero-order valence-corrected chi connectivity index (χ0v) is 15.4. The van der Waals surface area contributed by atoms with Crippen LogP contribution in [0, 0.1) is 12.7 Å². The molecule has 2 aromatic rings. The van der Waals surface area contributed by atoms with Crippen LogP contribution in [0.3, 0.4) is 0 Å². The summed E-state index contributed by atoms with van der Waals surface area (Å²) in [6, 6.07) is 9.98. The smallest absolute Gasteiger partial charge is 0.251 e. The maximum atomic E-state index is 13.1. The molecule has 0 heterocycles. The van der Waals surface area contributed by atoms with E-state index in [9.17, 15) is 17.6 Å². The van der Waals surface area contributed by atoms with E-state index in [1.54, 1.807) is 19.9 Å². The summed E-state index contributed by atoms with van der Waals surface area (Å²) in [7, 11) is -3.51. The van der Waals surface area contributed by atoms with Gasteiger partial charge in [0.25, 0.3) is 5.91 Å². The molecule has 1 amide bonds. The largest absolute Gasteiger partial charge is 0.491 e. The Kier molecular flexibility index (Phi) is 6.70. The minimum atomic E-state index is -3.51. The fourth-order valence-corrected chi connectivity index (χ4v) is 3.41. The van der Waals surface area contributed by atoms with Crippen LogP contribution in [-0.4, -0.2) is 34.0 Å². The van der Waals surface area contributed by atoms with Crippen LogP contribution in [0.15, 0.2) is 47.4 Å². The van der Waals surface area contributed by atoms with Crippen LogP contribution in [0.1, 0.15) is 22.8 Å². The highest BCUT2D eigenvalue weighted by molar-refractivity contribution is 7.89. The molecule has 0 aliphatic heterocycles. The van der Waals surface area contributed by atoms with Crippen molar-refractivity contribution in [2.24, 2.45) is 0 Å². The topological polar surface area (TPSA) is 84.5 Å². The van der Waals surface area contributed by atoms with E-state index in [1.165, 1.54) is 30.3 Å². The molecule has 2 aromatic carbocycles. The molecule has 0 aliphatic carbocycles. The summed E-state index contributed by atoms with van der Waals surface area (Å²) in [4.78, 5) is 12.1. The van der Waals surface area contributed by atoms with Gasteiger partial charge in [0.1, 0.15) is 18.2 Å². The Labute approximate surface area is 152 Å². The standard InChI is InChI=1S/C18H21FN2O4S/c1-3-21-26(23,24)16-7-8-17(13(2)11-16)25-10-9-20-18(22)14-5-4-6-15(19)12-14/h4-8,11-12,21H,3,9-10H2,1-2H3,(H,20,22). The molecule has 6 nitrogen and oxygen atoms in total. The summed E-state index contributed by atoms with van der Waals surface area (Å²) in [5.41, 5.74) is 0.902. The number of hydrogen-bond donors (Lipinski definition) is 2. The van der Waals surface area contributed by atoms with Crippen molar-refractivity contribution in [3.05, 3.63) is 59.4 Å². The first-order valence-electron chi connectivity index (χ1n) is 8.10. The molecule has 140 valence electrons. The molecular weight excluding hydrogens is 359 g/mol. The van der Waals surface area contributed by atoms with Gasteiger partial charge >= 0.3 is 0 Å². The quantitative estimate of drug-likeness (QED) is 0.688. The summed E-state index contributed by atoms with van der Waals surface area (Å²) in [5.74, 6) is -0.338. The fourth-order valence-electron chi connectivity index (χ4n) is 2.28. The molecule has 0 aliphatic rings. The van der Waals surface area contributed by atoms with Gasteiger partial charge in [-0.15, -0.1) is 0 Å². The molecule has 26 heavy (non-hydrogen) atoms. The number of sulfonamides is 1. The van der Waals surface area contributed by atoms with Crippen molar-refractivity contribution in [3.63, 3.8) is 0 Å². The number of nitrogens with one attached hydrogen (secondary N) is 2. The van der Waals surface area contributed by atoms with Gasteiger partial charge in [-0.2, -0.15) is 0 Å². The van der Waals surface area contributed by atoms with E-state index in [4.69, 9.17) is 4.74 Å². The van der Waals surface area contributed by atoms with Gasteiger partial charge in [-0.3, -0.25) is 4.79 Å². The van der Waals surface area contributed by atoms with E-state index in [0.717, 1.165) is 6.07 Å². The third-order valence-electron chi connectivity index (χ3n) is 3.52. The molecule has 0 bridgehead atoms. The molecule has 8 heteroatoms. The molecule has 2 rings (SSSR count). The molecule has 0 spiro atoms. The van der Waals surface area contributed by atoms with Crippen molar-refractivity contribution < 1.29 is 22.3 Å². The second-order valence-corrected chi connectivity index (χ2v) is 7.31. The maximum Gasteiger partial charge on any atom is 0.251 e. The van der Waals surface area contributed by atoms with Gasteiger partial charge in [0.2, 0.25) is 10.0 Å². The molecule has 0 fully saturated rings. The van der Waals surface area contributed by atoms with Crippen LogP contribution in [-0.2, 0) is 10.0 Å². The lowest BCUT2D eigenvalue weighted by Gasteiger charge is -2.12. The summed E-state index contributed by atoms with van der Waals surface area (Å²) >= 11 is 0. The lowest BCUT2D eigenvalue weighted by Crippen LogP contribution is -2.28. The number of carbonyl (C=O) groups excluding carboxylic acids is 1. The molecule has 0 radical (unpaired) electrons. The van der Waals surface area contributed by atoms with Crippen LogP contribution in [0.2, 0.25) is 0 Å². The van der Waals surface area contributed by atoms with E-state index >= 15 is 0 Å². The van der Waals surface area contributed by atoms with Crippen molar-refractivity contribution in [2.75, 3.05) is 19.7 Å². The second-order valence-electron chi connectivity index (χ2n) is 5.54. The van der Waals surface area contributed by atoms with Gasteiger partial charge in [-0.1, -0.05) is 13.0 Å². The Morgan fingerprint density at radius 1 is 1.19 bits per heavy atom. The highest BCUT2D eigenvalue weighted by Crippen LogP contribution is 2.21. The van der Waals surface area contributed by atoms with E-state index in [0.29, 0.717) is 17.9 Å². The molecule has 0 aromatic heterocycles. The Morgan fingerprint density at radius 2 is 1.96 bits per heavy atom. The Balaban J connectivity index is 1.89. The van der Waals surface area contributed by atoms with Gasteiger partial charge in [-0.05, 0) is 48.9 Å². The molecule has 0 unspecified atom stereocenters. The van der Waals surface area contributed by atoms with Crippen LogP contribution < -0.4 is 14.8 Å². The SMILES string of the molecule is CCNS(=O)(=O)c1ccc(OCCNC(=O)c2cccc(F)c2)c(C)c1. The van der Waals surface area contributed by atoms with Crippen LogP contribution >= 0.6 is 0 Å². The number of amides is 1. The predicted molar refractivity (Wildman–Crippen MR) is 96.3 cm³/mol. The number of ether oxygens (including phenoxy) is 1. The first-order chi connectivity index (χ1) is 12.3. The Hall–Kier alpha value is -2.45. The minimum absolute atomic E-state index is 0.170. The van der Waals surface area contributed by atoms with E-state index in [-0.39, 0.29) is 23.6 Å². The Bertz CT molecular complexity index is 885. The maximum absolute atomic E-state index is 13.1. The van der Waals surface area contributed by atoms with Crippen molar-refractivity contribution >= 4 is 15.9 Å². The molecular formula is C18H21FN2O4S. The molecule has 0 saturated heterocycles. The van der Waals surface area contributed by atoms with Crippen molar-refractivity contribution in [1.29, 1.82) is 0 Å². The van der Waals surface area contributed by atoms with E-state index in [1.807, 2.05) is 0 Å². The summed E-state index contributed by atoms with van der Waals surface area (Å²) in [6.45, 7) is 4.18. The number of rotatable bonds is 8. The van der Waals surface area contributed by atoms with Crippen molar-refractivity contribution in [2.45, 2.75) is 18.7 Å². The van der Waals surface area contributed by atoms with E-state index < -0.39 is 21.7 Å². The predicted octanol–water partition coefficient (Wildman–Crippen LogP) is 2.24. The van der Waals surface area contributed by atoms with Gasteiger partial charge in [0, 0.05) is 12.1 Å². The fraction of sp³-hybridized carbons (Fsp3) is 0.278. The first kappa shape index (κ1) is 19.9. The van der Waals surface area contributed by atoms with Gasteiger partial charge in [-0.25, -0.2) is 17.5 Å². The van der Waals surface area contributed by atoms with Gasteiger partial charge in [0.15, 0.2) is 0 Å². The highest BCUT2D eigenvalue weighted by atomic mass is 32.2. The molecule has 2 N–H and O–H groups in total. The van der Waals surface area contributed by atoms with Crippen LogP contribution in [0.4, 0.5) is 4.39 Å². The number of carbonyl (C=O) groups is 1. The first-order valence-corrected chi connectivity index (χ1v) is 9.58. The molecule has 0 saturated carbocycles. The van der Waals surface area contributed by atoms with Crippen molar-refractivity contribution in [1.82, 2.24) is 10.0 Å². The average molecular weight is 380 g/mol. The monoisotopic (exact) mass is 380 g/mol. The zero-order chi connectivity index (χ0) is 19.2. The van der Waals surface area contributed by atoms with Gasteiger partial charge in [0.05, 0.1) is 11.4 Å².